The number of benzene rings is 2. The van der Waals surface area contributed by atoms with E-state index in [0.29, 0.717) is 27.7 Å². The van der Waals surface area contributed by atoms with Gasteiger partial charge in [-0.25, -0.2) is 4.98 Å². The van der Waals surface area contributed by atoms with Crippen molar-refractivity contribution >= 4 is 44.4 Å². The Morgan fingerprint density at radius 1 is 1.23 bits per heavy atom. The van der Waals surface area contributed by atoms with Gasteiger partial charge in [0.2, 0.25) is 12.0 Å². The first-order chi connectivity index (χ1) is 14.6. The highest BCUT2D eigenvalue weighted by Gasteiger charge is 2.27. The van der Waals surface area contributed by atoms with Gasteiger partial charge in [0.15, 0.2) is 16.6 Å². The Bertz CT molecular complexity index is 1220. The van der Waals surface area contributed by atoms with Crippen LogP contribution in [-0.2, 0) is 4.79 Å². The first kappa shape index (κ1) is 18.9. The Labute approximate surface area is 179 Å². The van der Waals surface area contributed by atoms with E-state index in [4.69, 9.17) is 13.9 Å². The van der Waals surface area contributed by atoms with Gasteiger partial charge in [-0.3, -0.25) is 4.79 Å². The molecule has 4 aromatic rings. The maximum Gasteiger partial charge on any atom is 0.277 e. The second-order valence-electron chi connectivity index (χ2n) is 6.60. The van der Waals surface area contributed by atoms with Gasteiger partial charge in [-0.05, 0) is 36.8 Å². The lowest BCUT2D eigenvalue weighted by Crippen LogP contribution is -2.21. The van der Waals surface area contributed by atoms with Crippen LogP contribution in [-0.4, -0.2) is 33.4 Å². The number of hydrogen-bond donors (Lipinski definition) is 1. The van der Waals surface area contributed by atoms with Crippen molar-refractivity contribution in [3.8, 4) is 11.5 Å². The van der Waals surface area contributed by atoms with Gasteiger partial charge in [-0.1, -0.05) is 41.3 Å². The highest BCUT2D eigenvalue weighted by atomic mass is 32.2. The van der Waals surface area contributed by atoms with E-state index in [1.54, 1.807) is 0 Å². The SMILES string of the molecule is Cc1ccc2nc(NC(=O)CSc3nnc([C@@H]4COc5ccccc5O4)o3)sc2c1. The third kappa shape index (κ3) is 3.96. The van der Waals surface area contributed by atoms with Crippen LogP contribution in [0.1, 0.15) is 17.6 Å². The van der Waals surface area contributed by atoms with Gasteiger partial charge in [0, 0.05) is 0 Å². The van der Waals surface area contributed by atoms with Gasteiger partial charge >= 0.3 is 0 Å². The van der Waals surface area contributed by atoms with Crippen LogP contribution in [0.3, 0.4) is 0 Å². The molecule has 5 rings (SSSR count). The predicted molar refractivity (Wildman–Crippen MR) is 113 cm³/mol. The summed E-state index contributed by atoms with van der Waals surface area (Å²) >= 11 is 2.60. The number of aromatic nitrogens is 3. The number of amides is 1. The molecule has 0 unspecified atom stereocenters. The van der Waals surface area contributed by atoms with E-state index >= 15 is 0 Å². The summed E-state index contributed by atoms with van der Waals surface area (Å²) in [5.74, 6) is 1.56. The van der Waals surface area contributed by atoms with Crippen LogP contribution < -0.4 is 14.8 Å². The number of rotatable bonds is 5. The molecular weight excluding hydrogens is 424 g/mol. The lowest BCUT2D eigenvalue weighted by molar-refractivity contribution is -0.113. The number of aryl methyl sites for hydroxylation is 1. The molecule has 0 aliphatic carbocycles. The molecule has 30 heavy (non-hydrogen) atoms. The maximum atomic E-state index is 12.3. The Morgan fingerprint density at radius 3 is 3.00 bits per heavy atom. The Balaban J connectivity index is 1.18. The molecule has 3 heterocycles. The summed E-state index contributed by atoms with van der Waals surface area (Å²) in [6.45, 7) is 2.30. The van der Waals surface area contributed by atoms with Crippen LogP contribution in [0, 0.1) is 6.92 Å². The van der Waals surface area contributed by atoms with Crippen LogP contribution in [0.5, 0.6) is 11.5 Å². The Hall–Kier alpha value is -3.11. The van der Waals surface area contributed by atoms with Crippen LogP contribution in [0.15, 0.2) is 52.1 Å². The molecule has 1 amide bonds. The second-order valence-corrected chi connectivity index (χ2v) is 8.55. The summed E-state index contributed by atoms with van der Waals surface area (Å²) in [5.41, 5.74) is 2.02. The summed E-state index contributed by atoms with van der Waals surface area (Å²) in [6.07, 6.45) is -0.484. The third-order valence-electron chi connectivity index (χ3n) is 4.32. The average Bonchev–Trinajstić information content (AvgIpc) is 3.38. The fourth-order valence-corrected chi connectivity index (χ4v) is 4.47. The highest BCUT2D eigenvalue weighted by molar-refractivity contribution is 7.99. The number of anilines is 1. The van der Waals surface area contributed by atoms with Gasteiger partial charge < -0.3 is 19.2 Å². The molecule has 152 valence electrons. The topological polar surface area (TPSA) is 99.4 Å². The number of ether oxygens (including phenoxy) is 2. The third-order valence-corrected chi connectivity index (χ3v) is 6.08. The smallest absolute Gasteiger partial charge is 0.277 e. The zero-order valence-corrected chi connectivity index (χ0v) is 17.5. The Kier molecular flexibility index (Phi) is 5.01. The fourth-order valence-electron chi connectivity index (χ4n) is 2.92. The zero-order valence-electron chi connectivity index (χ0n) is 15.8. The molecule has 0 bridgehead atoms. The number of para-hydroxylation sites is 2. The number of thioether (sulfide) groups is 1. The second kappa shape index (κ2) is 7.96. The monoisotopic (exact) mass is 440 g/mol. The molecule has 0 saturated carbocycles. The van der Waals surface area contributed by atoms with E-state index in [-0.39, 0.29) is 18.3 Å². The molecule has 0 radical (unpaired) electrons. The first-order valence-electron chi connectivity index (χ1n) is 9.16. The minimum absolute atomic E-state index is 0.126. The highest BCUT2D eigenvalue weighted by Crippen LogP contribution is 2.36. The largest absolute Gasteiger partial charge is 0.485 e. The number of carbonyl (C=O) groups is 1. The van der Waals surface area contributed by atoms with E-state index in [1.165, 1.54) is 11.3 Å². The van der Waals surface area contributed by atoms with Gasteiger partial charge in [0.05, 0.1) is 16.0 Å². The molecule has 1 aliphatic heterocycles. The van der Waals surface area contributed by atoms with Crippen molar-refractivity contribution in [3.05, 3.63) is 53.9 Å². The summed E-state index contributed by atoms with van der Waals surface area (Å²) in [7, 11) is 0. The molecule has 8 nitrogen and oxygen atoms in total. The number of fused-ring (bicyclic) bond motifs is 2. The Morgan fingerprint density at radius 2 is 2.10 bits per heavy atom. The quantitative estimate of drug-likeness (QED) is 0.460. The normalized spacial score (nSPS) is 15.3. The van der Waals surface area contributed by atoms with E-state index in [2.05, 4.69) is 20.5 Å². The fraction of sp³-hybridized carbons (Fsp3) is 0.200. The lowest BCUT2D eigenvalue weighted by Gasteiger charge is -2.23. The summed E-state index contributed by atoms with van der Waals surface area (Å²) in [4.78, 5) is 16.7. The van der Waals surface area contributed by atoms with E-state index in [1.807, 2.05) is 49.4 Å². The summed E-state index contributed by atoms with van der Waals surface area (Å²) in [5, 5.41) is 11.7. The van der Waals surface area contributed by atoms with Gasteiger partial charge in [0.25, 0.3) is 11.1 Å². The van der Waals surface area contributed by atoms with Gasteiger partial charge in [-0.15, -0.1) is 10.2 Å². The summed E-state index contributed by atoms with van der Waals surface area (Å²) in [6, 6.07) is 13.4. The molecular formula is C20H16N4O4S2. The number of thiazole rings is 1. The van der Waals surface area contributed by atoms with Gasteiger partial charge in [-0.2, -0.15) is 0 Å². The molecule has 1 N–H and O–H groups in total. The molecule has 1 atom stereocenters. The van der Waals surface area contributed by atoms with Crippen LogP contribution >= 0.6 is 23.1 Å². The molecule has 0 saturated heterocycles. The summed E-state index contributed by atoms with van der Waals surface area (Å²) < 4.78 is 18.2. The lowest BCUT2D eigenvalue weighted by atomic mass is 10.2. The molecule has 2 aromatic heterocycles. The van der Waals surface area contributed by atoms with E-state index in [9.17, 15) is 4.79 Å². The van der Waals surface area contributed by atoms with Crippen molar-refractivity contribution < 1.29 is 18.7 Å². The van der Waals surface area contributed by atoms with Crippen molar-refractivity contribution in [2.75, 3.05) is 17.7 Å². The number of carbonyl (C=O) groups excluding carboxylic acids is 1. The number of hydrogen-bond acceptors (Lipinski definition) is 9. The van der Waals surface area contributed by atoms with Gasteiger partial charge in [0.1, 0.15) is 6.61 Å². The van der Waals surface area contributed by atoms with Crippen molar-refractivity contribution in [2.45, 2.75) is 18.3 Å². The van der Waals surface area contributed by atoms with Crippen LogP contribution in [0.25, 0.3) is 10.2 Å². The van der Waals surface area contributed by atoms with Crippen molar-refractivity contribution in [1.82, 2.24) is 15.2 Å². The minimum Gasteiger partial charge on any atom is -0.485 e. The first-order valence-corrected chi connectivity index (χ1v) is 11.0. The van der Waals surface area contributed by atoms with Crippen LogP contribution in [0.2, 0.25) is 0 Å². The average molecular weight is 441 g/mol. The number of nitrogens with zero attached hydrogens (tertiary/aromatic N) is 3. The van der Waals surface area contributed by atoms with Crippen LogP contribution in [0.4, 0.5) is 5.13 Å². The molecule has 2 aromatic carbocycles. The predicted octanol–water partition coefficient (Wildman–Crippen LogP) is 4.23. The van der Waals surface area contributed by atoms with E-state index in [0.717, 1.165) is 27.5 Å². The molecule has 0 spiro atoms. The van der Waals surface area contributed by atoms with Crippen molar-refractivity contribution in [3.63, 3.8) is 0 Å². The molecule has 10 heteroatoms. The van der Waals surface area contributed by atoms with E-state index < -0.39 is 6.10 Å². The zero-order chi connectivity index (χ0) is 20.5. The van der Waals surface area contributed by atoms with Crippen molar-refractivity contribution in [1.29, 1.82) is 0 Å². The molecule has 1 aliphatic rings. The standard InChI is InChI=1S/C20H16N4O4S2/c1-11-6-7-12-16(8-11)30-19(21-12)22-17(25)10-29-20-24-23-18(28-20)15-9-26-13-4-2-3-5-14(13)27-15/h2-8,15H,9-10H2,1H3,(H,21,22,25)/t15-/m0/s1. The molecule has 0 fully saturated rings. The maximum absolute atomic E-state index is 12.3. The van der Waals surface area contributed by atoms with Crippen molar-refractivity contribution in [2.24, 2.45) is 0 Å². The minimum atomic E-state index is -0.484. The number of nitrogens with one attached hydrogen (secondary N) is 1.